The highest BCUT2D eigenvalue weighted by molar-refractivity contribution is 5.97. The van der Waals surface area contributed by atoms with E-state index in [1.165, 1.54) is 6.07 Å². The van der Waals surface area contributed by atoms with E-state index in [0.29, 0.717) is 42.0 Å². The molecule has 1 fully saturated rings. The minimum Gasteiger partial charge on any atom is -0.391 e. The summed E-state index contributed by atoms with van der Waals surface area (Å²) in [5.41, 5.74) is 3.39. The molecule has 8 heteroatoms. The molecular weight excluding hydrogens is 426 g/mol. The van der Waals surface area contributed by atoms with Crippen molar-refractivity contribution in [1.82, 2.24) is 20.1 Å². The fourth-order valence-electron chi connectivity index (χ4n) is 4.28. The van der Waals surface area contributed by atoms with Crippen molar-refractivity contribution in [2.24, 2.45) is 0 Å². The molecule has 1 aliphatic rings. The summed E-state index contributed by atoms with van der Waals surface area (Å²) in [7, 11) is 0. The van der Waals surface area contributed by atoms with Gasteiger partial charge in [-0.25, -0.2) is 13.8 Å². The smallest absolute Gasteiger partial charge is 0.253 e. The maximum Gasteiger partial charge on any atom is 0.253 e. The monoisotopic (exact) mass is 448 g/mol. The number of halogens is 2. The van der Waals surface area contributed by atoms with Gasteiger partial charge in [0, 0.05) is 42.2 Å². The van der Waals surface area contributed by atoms with Crippen molar-refractivity contribution in [3.63, 3.8) is 0 Å². The highest BCUT2D eigenvalue weighted by atomic mass is 19.1. The summed E-state index contributed by atoms with van der Waals surface area (Å²) in [5, 5.41) is 17.9. The van der Waals surface area contributed by atoms with Crippen molar-refractivity contribution in [3.05, 3.63) is 83.1 Å². The van der Waals surface area contributed by atoms with Crippen LogP contribution in [0.1, 0.15) is 34.3 Å². The molecule has 2 N–H and O–H groups in total. The molecule has 0 bridgehead atoms. The number of aliphatic hydroxyl groups excluding tert-OH is 1. The number of hydrogen-bond acceptors (Lipinski definition) is 4. The van der Waals surface area contributed by atoms with Gasteiger partial charge in [-0.1, -0.05) is 12.1 Å². The third-order valence-electron chi connectivity index (χ3n) is 5.94. The first kappa shape index (κ1) is 21.2. The lowest BCUT2D eigenvalue weighted by atomic mass is 10.0. The van der Waals surface area contributed by atoms with Gasteiger partial charge in [0.2, 0.25) is 0 Å². The number of amides is 1. The number of benzene rings is 2. The Bertz CT molecular complexity index is 1340. The average Bonchev–Trinajstić information content (AvgIpc) is 3.24. The van der Waals surface area contributed by atoms with E-state index in [-0.39, 0.29) is 17.9 Å². The van der Waals surface area contributed by atoms with Gasteiger partial charge in [0.1, 0.15) is 17.3 Å². The van der Waals surface area contributed by atoms with Crippen molar-refractivity contribution < 1.29 is 18.7 Å². The number of piperidine rings is 1. The standard InChI is InChI=1S/C25H22F2N4O2/c26-19-6-7-22(27)18(12-19)9-15-10-21-23(29-30-24(21)28-13-15)16-3-1-4-17(11-16)25(33)31-8-2-5-20(32)14-31/h1,3-4,6-7,10-13,20,32H,2,5,8-9,14H2,(H,28,29,30). The third-order valence-corrected chi connectivity index (χ3v) is 5.94. The molecule has 1 saturated heterocycles. The number of aliphatic hydroxyl groups is 1. The van der Waals surface area contributed by atoms with E-state index in [9.17, 15) is 18.7 Å². The number of pyridine rings is 1. The van der Waals surface area contributed by atoms with Gasteiger partial charge < -0.3 is 10.0 Å². The number of nitrogens with one attached hydrogen (secondary N) is 1. The number of aromatic amines is 1. The van der Waals surface area contributed by atoms with Gasteiger partial charge in [-0.2, -0.15) is 5.10 Å². The molecule has 168 valence electrons. The van der Waals surface area contributed by atoms with Crippen molar-refractivity contribution in [3.8, 4) is 11.3 Å². The van der Waals surface area contributed by atoms with Crippen molar-refractivity contribution in [2.45, 2.75) is 25.4 Å². The van der Waals surface area contributed by atoms with Crippen molar-refractivity contribution in [2.75, 3.05) is 13.1 Å². The summed E-state index contributed by atoms with van der Waals surface area (Å²) >= 11 is 0. The summed E-state index contributed by atoms with van der Waals surface area (Å²) < 4.78 is 27.6. The second kappa shape index (κ2) is 8.71. The number of nitrogens with zero attached hydrogens (tertiary/aromatic N) is 3. The molecule has 33 heavy (non-hydrogen) atoms. The summed E-state index contributed by atoms with van der Waals surface area (Å²) in [4.78, 5) is 19.0. The van der Waals surface area contributed by atoms with Crippen LogP contribution in [0.2, 0.25) is 0 Å². The van der Waals surface area contributed by atoms with Crippen LogP contribution in [0, 0.1) is 11.6 Å². The van der Waals surface area contributed by atoms with Gasteiger partial charge in [0.25, 0.3) is 5.91 Å². The van der Waals surface area contributed by atoms with Crippen LogP contribution in [0.4, 0.5) is 8.78 Å². The van der Waals surface area contributed by atoms with E-state index < -0.39 is 17.7 Å². The zero-order valence-corrected chi connectivity index (χ0v) is 17.8. The molecule has 1 unspecified atom stereocenters. The highest BCUT2D eigenvalue weighted by Crippen LogP contribution is 2.28. The normalized spacial score (nSPS) is 16.3. The molecule has 1 atom stereocenters. The molecule has 3 heterocycles. The lowest BCUT2D eigenvalue weighted by Gasteiger charge is -2.30. The minimum absolute atomic E-state index is 0.129. The van der Waals surface area contributed by atoms with Crippen LogP contribution in [0.5, 0.6) is 0 Å². The third kappa shape index (κ3) is 4.34. The van der Waals surface area contributed by atoms with E-state index in [0.717, 1.165) is 29.5 Å². The van der Waals surface area contributed by atoms with Crippen LogP contribution in [0.25, 0.3) is 22.3 Å². The van der Waals surface area contributed by atoms with Crippen molar-refractivity contribution in [1.29, 1.82) is 0 Å². The lowest BCUT2D eigenvalue weighted by Crippen LogP contribution is -2.42. The molecule has 0 aliphatic carbocycles. The number of likely N-dealkylation sites (tertiary alicyclic amines) is 1. The summed E-state index contributed by atoms with van der Waals surface area (Å²) in [6, 6.07) is 12.4. The zero-order valence-electron chi connectivity index (χ0n) is 17.8. The Morgan fingerprint density at radius 2 is 2.06 bits per heavy atom. The SMILES string of the molecule is O=C(c1cccc(-c2n[nH]c3ncc(Cc4cc(F)ccc4F)cc23)c1)N1CCCC(O)C1. The van der Waals surface area contributed by atoms with Crippen LogP contribution in [-0.2, 0) is 6.42 Å². The minimum atomic E-state index is -0.493. The zero-order chi connectivity index (χ0) is 22.9. The van der Waals surface area contributed by atoms with Crippen molar-refractivity contribution >= 4 is 16.9 Å². The van der Waals surface area contributed by atoms with Crippen LogP contribution in [0.15, 0.2) is 54.7 Å². The quantitative estimate of drug-likeness (QED) is 0.493. The van der Waals surface area contributed by atoms with Crippen LogP contribution in [-0.4, -0.2) is 50.3 Å². The van der Waals surface area contributed by atoms with Crippen LogP contribution >= 0.6 is 0 Å². The second-order valence-corrected chi connectivity index (χ2v) is 8.35. The largest absolute Gasteiger partial charge is 0.391 e. The second-order valence-electron chi connectivity index (χ2n) is 8.35. The molecule has 5 rings (SSSR count). The first-order chi connectivity index (χ1) is 16.0. The van der Waals surface area contributed by atoms with Crippen LogP contribution in [0.3, 0.4) is 0 Å². The van der Waals surface area contributed by atoms with Gasteiger partial charge >= 0.3 is 0 Å². The summed E-state index contributed by atoms with van der Waals surface area (Å²) in [6.45, 7) is 0.952. The molecule has 0 radical (unpaired) electrons. The molecule has 1 aliphatic heterocycles. The Balaban J connectivity index is 1.46. The average molecular weight is 448 g/mol. The predicted molar refractivity (Wildman–Crippen MR) is 120 cm³/mol. The lowest BCUT2D eigenvalue weighted by molar-refractivity contribution is 0.0474. The molecule has 4 aromatic rings. The predicted octanol–water partition coefficient (Wildman–Crippen LogP) is 4.09. The molecular formula is C25H22F2N4O2. The van der Waals surface area contributed by atoms with E-state index >= 15 is 0 Å². The van der Waals surface area contributed by atoms with Gasteiger partial charge in [0.05, 0.1) is 6.10 Å². The Labute approximate surface area is 188 Å². The highest BCUT2D eigenvalue weighted by Gasteiger charge is 2.23. The number of carbonyl (C=O) groups is 1. The Kier molecular flexibility index (Phi) is 5.60. The van der Waals surface area contributed by atoms with Gasteiger partial charge in [-0.3, -0.25) is 9.89 Å². The maximum absolute atomic E-state index is 14.1. The van der Waals surface area contributed by atoms with Gasteiger partial charge in [-0.15, -0.1) is 0 Å². The number of β-amino-alcohol motifs (C(OH)–C–C–N with tert-alkyl or cyclic N) is 1. The Hall–Kier alpha value is -3.65. The van der Waals surface area contributed by atoms with E-state index in [1.54, 1.807) is 29.3 Å². The molecule has 0 spiro atoms. The topological polar surface area (TPSA) is 82.1 Å². The first-order valence-electron chi connectivity index (χ1n) is 10.8. The van der Waals surface area contributed by atoms with Gasteiger partial charge in [0.15, 0.2) is 5.65 Å². The number of carbonyl (C=O) groups excluding carboxylic acids is 1. The fourth-order valence-corrected chi connectivity index (χ4v) is 4.28. The molecule has 0 saturated carbocycles. The number of rotatable bonds is 4. The molecule has 2 aromatic heterocycles. The molecule has 2 aromatic carbocycles. The van der Waals surface area contributed by atoms with Gasteiger partial charge in [-0.05, 0) is 60.4 Å². The fraction of sp³-hybridized carbons (Fsp3) is 0.240. The van der Waals surface area contributed by atoms with E-state index in [2.05, 4.69) is 15.2 Å². The van der Waals surface area contributed by atoms with E-state index in [1.807, 2.05) is 12.1 Å². The summed E-state index contributed by atoms with van der Waals surface area (Å²) in [6.07, 6.45) is 2.78. The number of hydrogen-bond donors (Lipinski definition) is 2. The van der Waals surface area contributed by atoms with E-state index in [4.69, 9.17) is 0 Å². The molecule has 1 amide bonds. The summed E-state index contributed by atoms with van der Waals surface area (Å²) in [5.74, 6) is -1.10. The van der Waals surface area contributed by atoms with Crippen LogP contribution < -0.4 is 0 Å². The number of aromatic nitrogens is 3. The Morgan fingerprint density at radius 3 is 2.91 bits per heavy atom. The number of H-pyrrole nitrogens is 1. The maximum atomic E-state index is 14.1. The molecule has 6 nitrogen and oxygen atoms in total. The Morgan fingerprint density at radius 1 is 1.18 bits per heavy atom. The number of fused-ring (bicyclic) bond motifs is 1. The first-order valence-corrected chi connectivity index (χ1v) is 10.8.